The molecular weight excluding hydrogens is 141 g/mol. The van der Waals surface area contributed by atoms with Crippen LogP contribution in [0.2, 0.25) is 0 Å². The summed E-state index contributed by atoms with van der Waals surface area (Å²) in [7, 11) is 0. The topological polar surface area (TPSA) is 23.8 Å². The normalized spacial score (nSPS) is 55.2. The molecule has 0 aromatic heterocycles. The zero-order chi connectivity index (χ0) is 7.47. The Morgan fingerprint density at radius 3 is 1.42 bits per heavy atom. The van der Waals surface area contributed by atoms with E-state index in [1.54, 1.807) is 0 Å². The van der Waals surface area contributed by atoms with Gasteiger partial charge in [0.2, 0.25) is 0 Å². The van der Waals surface area contributed by atoms with Gasteiger partial charge in [0.15, 0.2) is 0 Å². The molecule has 0 atom stereocenters. The van der Waals surface area contributed by atoms with Gasteiger partial charge in [-0.1, -0.05) is 19.3 Å². The van der Waals surface area contributed by atoms with Crippen LogP contribution in [0.25, 0.3) is 5.73 Å². The molecule has 12 heavy (non-hydrogen) atoms. The average molecular weight is 157 g/mol. The summed E-state index contributed by atoms with van der Waals surface area (Å²) < 4.78 is 0. The molecule has 0 heterocycles. The van der Waals surface area contributed by atoms with E-state index in [9.17, 15) is 0 Å². The summed E-state index contributed by atoms with van der Waals surface area (Å²) in [5, 5.41) is 0. The summed E-state index contributed by atoms with van der Waals surface area (Å²) in [6, 6.07) is 0. The Kier molecular flexibility index (Phi) is 2.11. The monoisotopic (exact) mass is 157 g/mol. The molecule has 0 saturated heterocycles. The molecule has 0 amide bonds. The van der Waals surface area contributed by atoms with E-state index in [0.717, 1.165) is 17.8 Å². The number of rotatable bonds is 0. The van der Waals surface area contributed by atoms with Crippen LogP contribution < -0.4 is 18.9 Å². The minimum absolute atomic E-state index is 0. The van der Waals surface area contributed by atoms with Crippen LogP contribution in [0, 0.1) is 17.8 Å². The van der Waals surface area contributed by atoms with Crippen molar-refractivity contribution in [1.82, 2.24) is 0 Å². The van der Waals surface area contributed by atoms with Crippen LogP contribution in [0.1, 0.15) is 38.5 Å². The second kappa shape index (κ2) is 2.77. The van der Waals surface area contributed by atoms with Crippen LogP contribution in [0.5, 0.6) is 0 Å². The molecule has 62 valence electrons. The van der Waals surface area contributed by atoms with E-state index < -0.39 is 0 Å². The fraction of sp³-hybridized carbons (Fsp3) is 1.00. The Labute approximate surface area is 86.6 Å². The number of hydrogen-bond acceptors (Lipinski definition) is 0. The van der Waals surface area contributed by atoms with Gasteiger partial charge in [-0.05, 0) is 37.0 Å². The number of nitrogens with one attached hydrogen (secondary N) is 1. The van der Waals surface area contributed by atoms with Gasteiger partial charge in [0, 0.05) is 0 Å². The van der Waals surface area contributed by atoms with Crippen molar-refractivity contribution in [3.63, 3.8) is 0 Å². The summed E-state index contributed by atoms with van der Waals surface area (Å²) in [5.41, 5.74) is 8.26. The third-order valence-electron chi connectivity index (χ3n) is 4.04. The smallest absolute Gasteiger partial charge is 0.672 e. The maximum absolute atomic E-state index is 8.21. The van der Waals surface area contributed by atoms with Crippen molar-refractivity contribution in [1.29, 1.82) is 0 Å². The van der Waals surface area contributed by atoms with Gasteiger partial charge in [-0.2, -0.15) is 0 Å². The molecule has 4 saturated carbocycles. The molecule has 4 aliphatic carbocycles. The predicted octanol–water partition coefficient (Wildman–Crippen LogP) is 0.0114. The summed E-state index contributed by atoms with van der Waals surface area (Å²) >= 11 is 0. The third-order valence-corrected chi connectivity index (χ3v) is 4.04. The molecule has 4 bridgehead atoms. The maximum atomic E-state index is 8.21. The fourth-order valence-corrected chi connectivity index (χ4v) is 4.11. The third kappa shape index (κ3) is 1.27. The first kappa shape index (κ1) is 9.13. The Balaban J connectivity index is 0.000000563. The molecule has 1 nitrogen and oxygen atoms in total. The van der Waals surface area contributed by atoms with Gasteiger partial charge in [-0.25, -0.2) is 0 Å². The summed E-state index contributed by atoms with van der Waals surface area (Å²) in [4.78, 5) is 0. The van der Waals surface area contributed by atoms with Gasteiger partial charge >= 0.3 is 18.9 Å². The van der Waals surface area contributed by atoms with Crippen LogP contribution in [-0.2, 0) is 0 Å². The van der Waals surface area contributed by atoms with E-state index in [1.807, 2.05) is 0 Å². The Morgan fingerprint density at radius 2 is 1.17 bits per heavy atom. The van der Waals surface area contributed by atoms with E-state index in [0.29, 0.717) is 0 Å². The van der Waals surface area contributed by atoms with Gasteiger partial charge in [-0.15, -0.1) is 5.54 Å². The summed E-state index contributed by atoms with van der Waals surface area (Å²) in [6.45, 7) is 0. The van der Waals surface area contributed by atoms with Crippen LogP contribution in [0.4, 0.5) is 0 Å². The predicted molar refractivity (Wildman–Crippen MR) is 45.2 cm³/mol. The molecule has 4 fully saturated rings. The van der Waals surface area contributed by atoms with Crippen molar-refractivity contribution in [3.8, 4) is 0 Å². The van der Waals surface area contributed by atoms with Crippen LogP contribution in [0.15, 0.2) is 0 Å². The molecule has 0 aromatic rings. The van der Waals surface area contributed by atoms with Crippen LogP contribution in [0.3, 0.4) is 0 Å². The second-order valence-electron chi connectivity index (χ2n) is 5.20. The average Bonchev–Trinajstić information content (AvgIpc) is 1.79. The molecule has 0 aliphatic heterocycles. The van der Waals surface area contributed by atoms with E-state index in [1.165, 1.54) is 38.5 Å². The number of hydrogen-bond donors (Lipinski definition) is 0. The van der Waals surface area contributed by atoms with Gasteiger partial charge in [0.05, 0.1) is 0 Å². The summed E-state index contributed by atoms with van der Waals surface area (Å²) in [5.74, 6) is 2.87. The standard InChI is InChI=1S/C10H16N.Li/c11-10-4-7-1-8(5-10)3-9(2-7)6-10;/h7-9,11H,1-6H2;/q-1;+1. The molecule has 4 rings (SSSR count). The summed E-state index contributed by atoms with van der Waals surface area (Å²) in [6.07, 6.45) is 8.12. The minimum Gasteiger partial charge on any atom is -0.672 e. The molecule has 0 aromatic carbocycles. The molecular formula is C10H16LiN. The van der Waals surface area contributed by atoms with Gasteiger partial charge in [-0.3, -0.25) is 0 Å². The fourth-order valence-electron chi connectivity index (χ4n) is 4.11. The molecule has 2 heteroatoms. The van der Waals surface area contributed by atoms with Crippen LogP contribution >= 0.6 is 0 Å². The zero-order valence-electron chi connectivity index (χ0n) is 7.97. The van der Waals surface area contributed by atoms with E-state index in [4.69, 9.17) is 5.73 Å². The molecule has 1 N–H and O–H groups in total. The second-order valence-corrected chi connectivity index (χ2v) is 5.20. The Bertz CT molecular complexity index is 155. The quantitative estimate of drug-likeness (QED) is 0.442. The van der Waals surface area contributed by atoms with E-state index >= 15 is 0 Å². The van der Waals surface area contributed by atoms with Crippen molar-refractivity contribution >= 4 is 0 Å². The van der Waals surface area contributed by atoms with Crippen molar-refractivity contribution < 1.29 is 18.9 Å². The van der Waals surface area contributed by atoms with Crippen molar-refractivity contribution in [2.45, 2.75) is 44.1 Å². The Morgan fingerprint density at radius 1 is 0.833 bits per heavy atom. The minimum atomic E-state index is 0. The maximum Gasteiger partial charge on any atom is 1.00 e. The first-order chi connectivity index (χ1) is 5.23. The largest absolute Gasteiger partial charge is 1.00 e. The van der Waals surface area contributed by atoms with Crippen molar-refractivity contribution in [3.05, 3.63) is 5.73 Å². The van der Waals surface area contributed by atoms with E-state index in [2.05, 4.69) is 0 Å². The van der Waals surface area contributed by atoms with Crippen molar-refractivity contribution in [2.24, 2.45) is 17.8 Å². The first-order valence-electron chi connectivity index (χ1n) is 4.98. The van der Waals surface area contributed by atoms with Crippen molar-refractivity contribution in [2.75, 3.05) is 0 Å². The SMILES string of the molecule is [Li+].[NH-]C12CC3CC(CC(C3)C1)C2. The molecule has 4 aliphatic rings. The van der Waals surface area contributed by atoms with Gasteiger partial charge < -0.3 is 5.73 Å². The zero-order valence-corrected chi connectivity index (χ0v) is 7.97. The molecule has 0 spiro atoms. The first-order valence-corrected chi connectivity index (χ1v) is 4.98. The Hall–Kier alpha value is 0.557. The van der Waals surface area contributed by atoms with Crippen LogP contribution in [-0.4, -0.2) is 5.54 Å². The molecule has 0 radical (unpaired) electrons. The molecule has 0 unspecified atom stereocenters. The van der Waals surface area contributed by atoms with E-state index in [-0.39, 0.29) is 24.4 Å². The van der Waals surface area contributed by atoms with Gasteiger partial charge in [0.1, 0.15) is 0 Å². The van der Waals surface area contributed by atoms with Gasteiger partial charge in [0.25, 0.3) is 0 Å².